The van der Waals surface area contributed by atoms with Crippen molar-refractivity contribution in [3.63, 3.8) is 0 Å². The monoisotopic (exact) mass is 186 g/mol. The summed E-state index contributed by atoms with van der Waals surface area (Å²) in [7, 11) is 0. The van der Waals surface area contributed by atoms with E-state index >= 15 is 0 Å². The van der Waals surface area contributed by atoms with Crippen LogP contribution in [-0.2, 0) is 4.79 Å². The molecule has 1 aromatic carbocycles. The van der Waals surface area contributed by atoms with Crippen molar-refractivity contribution in [2.45, 2.75) is 37.5 Å². The highest BCUT2D eigenvalue weighted by molar-refractivity contribution is 5.90. The lowest BCUT2D eigenvalue weighted by molar-refractivity contribution is -0.121. The molecule has 2 atom stereocenters. The van der Waals surface area contributed by atoms with Gasteiger partial charge in [-0.3, -0.25) is 4.79 Å². The van der Waals surface area contributed by atoms with Crippen LogP contribution in [0.1, 0.15) is 48.6 Å². The van der Waals surface area contributed by atoms with Crippen molar-refractivity contribution in [2.75, 3.05) is 0 Å². The maximum absolute atomic E-state index is 11.8. The normalized spacial score (nSPS) is 29.9. The van der Waals surface area contributed by atoms with Crippen LogP contribution in [-0.4, -0.2) is 5.78 Å². The third-order valence-electron chi connectivity index (χ3n) is 3.67. The molecule has 0 radical (unpaired) electrons. The summed E-state index contributed by atoms with van der Waals surface area (Å²) in [4.78, 5) is 11.8. The minimum Gasteiger partial charge on any atom is -0.299 e. The van der Waals surface area contributed by atoms with Gasteiger partial charge in [0.15, 0.2) is 0 Å². The van der Waals surface area contributed by atoms with Gasteiger partial charge in [-0.05, 0) is 29.9 Å². The standard InChI is InChI=1S/C13H14O/c14-12-8-4-3-7-11-9-5-1-2-6-10(9)13(11)12/h1-2,5-6,11,13H,3-4,7-8H2. The Bertz CT molecular complexity index is 381. The average molecular weight is 186 g/mol. The van der Waals surface area contributed by atoms with E-state index in [4.69, 9.17) is 0 Å². The molecule has 0 bridgehead atoms. The molecule has 0 heterocycles. The number of ketones is 1. The van der Waals surface area contributed by atoms with Crippen molar-refractivity contribution in [3.8, 4) is 0 Å². The van der Waals surface area contributed by atoms with Gasteiger partial charge in [-0.2, -0.15) is 0 Å². The van der Waals surface area contributed by atoms with Crippen molar-refractivity contribution in [2.24, 2.45) is 0 Å². The molecule has 0 saturated heterocycles. The number of hydrogen-bond donors (Lipinski definition) is 0. The SMILES string of the molecule is O=C1CCCCC2c3ccccc3C12. The molecule has 0 spiro atoms. The molecule has 0 aromatic heterocycles. The lowest BCUT2D eigenvalue weighted by Gasteiger charge is -2.37. The molecule has 72 valence electrons. The predicted octanol–water partition coefficient (Wildman–Crippen LogP) is 3.01. The van der Waals surface area contributed by atoms with Crippen LogP contribution in [0.15, 0.2) is 24.3 Å². The molecule has 1 aromatic rings. The summed E-state index contributed by atoms with van der Waals surface area (Å²) in [5.74, 6) is 1.29. The number of carbonyl (C=O) groups excluding carboxylic acids is 1. The van der Waals surface area contributed by atoms with E-state index in [0.717, 1.165) is 12.8 Å². The fraction of sp³-hybridized carbons (Fsp3) is 0.462. The summed E-state index contributed by atoms with van der Waals surface area (Å²) < 4.78 is 0. The Morgan fingerprint density at radius 3 is 2.71 bits per heavy atom. The summed E-state index contributed by atoms with van der Waals surface area (Å²) in [5.41, 5.74) is 2.75. The lowest BCUT2D eigenvalue weighted by Crippen LogP contribution is -2.29. The van der Waals surface area contributed by atoms with Gasteiger partial charge < -0.3 is 0 Å². The Hall–Kier alpha value is -1.11. The molecule has 3 rings (SSSR count). The Kier molecular flexibility index (Phi) is 1.73. The van der Waals surface area contributed by atoms with Crippen LogP contribution >= 0.6 is 0 Å². The largest absolute Gasteiger partial charge is 0.299 e. The van der Waals surface area contributed by atoms with Gasteiger partial charge in [0.1, 0.15) is 5.78 Å². The number of rotatable bonds is 0. The van der Waals surface area contributed by atoms with Crippen LogP contribution in [0, 0.1) is 0 Å². The van der Waals surface area contributed by atoms with E-state index in [1.807, 2.05) is 6.07 Å². The number of benzene rings is 1. The van der Waals surface area contributed by atoms with Gasteiger partial charge in [-0.1, -0.05) is 30.7 Å². The van der Waals surface area contributed by atoms with Gasteiger partial charge in [0, 0.05) is 12.3 Å². The number of Topliss-reactive ketones (excluding diaryl/α,β-unsaturated/α-hetero) is 1. The molecule has 1 fully saturated rings. The minimum absolute atomic E-state index is 0.258. The van der Waals surface area contributed by atoms with Gasteiger partial charge in [-0.15, -0.1) is 0 Å². The second-order valence-electron chi connectivity index (χ2n) is 4.43. The van der Waals surface area contributed by atoms with E-state index in [9.17, 15) is 4.79 Å². The van der Waals surface area contributed by atoms with Gasteiger partial charge in [-0.25, -0.2) is 0 Å². The van der Waals surface area contributed by atoms with Crippen LogP contribution in [0.3, 0.4) is 0 Å². The van der Waals surface area contributed by atoms with Crippen molar-refractivity contribution >= 4 is 5.78 Å². The highest BCUT2D eigenvalue weighted by Gasteiger charge is 2.41. The Morgan fingerprint density at radius 1 is 1.07 bits per heavy atom. The molecule has 14 heavy (non-hydrogen) atoms. The fourth-order valence-corrected chi connectivity index (χ4v) is 2.97. The van der Waals surface area contributed by atoms with Gasteiger partial charge in [0.05, 0.1) is 0 Å². The highest BCUT2D eigenvalue weighted by Crippen LogP contribution is 2.51. The smallest absolute Gasteiger partial charge is 0.140 e. The first-order valence-corrected chi connectivity index (χ1v) is 5.49. The molecule has 2 unspecified atom stereocenters. The average Bonchev–Trinajstić information content (AvgIpc) is 2.33. The Morgan fingerprint density at radius 2 is 1.86 bits per heavy atom. The molecule has 1 heteroatoms. The minimum atomic E-state index is 0.258. The van der Waals surface area contributed by atoms with Crippen molar-refractivity contribution < 1.29 is 4.79 Å². The summed E-state index contributed by atoms with van der Waals surface area (Å²) in [6.07, 6.45) is 4.34. The van der Waals surface area contributed by atoms with E-state index in [1.54, 1.807) is 0 Å². The molecular weight excluding hydrogens is 172 g/mol. The summed E-state index contributed by atoms with van der Waals surface area (Å²) in [6, 6.07) is 8.45. The predicted molar refractivity (Wildman–Crippen MR) is 55.4 cm³/mol. The number of fused-ring (bicyclic) bond motifs is 4. The molecule has 1 nitrogen and oxygen atoms in total. The van der Waals surface area contributed by atoms with Crippen molar-refractivity contribution in [3.05, 3.63) is 35.4 Å². The van der Waals surface area contributed by atoms with Gasteiger partial charge in [0.2, 0.25) is 0 Å². The fourth-order valence-electron chi connectivity index (χ4n) is 2.97. The first-order valence-electron chi connectivity index (χ1n) is 5.49. The van der Waals surface area contributed by atoms with E-state index < -0.39 is 0 Å². The van der Waals surface area contributed by atoms with Crippen LogP contribution < -0.4 is 0 Å². The third kappa shape index (κ3) is 0.985. The molecule has 2 aliphatic rings. The van der Waals surface area contributed by atoms with Crippen LogP contribution in [0.5, 0.6) is 0 Å². The molecule has 0 aliphatic heterocycles. The molecule has 1 saturated carbocycles. The topological polar surface area (TPSA) is 17.1 Å². The first-order chi connectivity index (χ1) is 6.88. The maximum atomic E-state index is 11.8. The third-order valence-corrected chi connectivity index (χ3v) is 3.67. The van der Waals surface area contributed by atoms with E-state index in [1.165, 1.54) is 24.0 Å². The summed E-state index contributed by atoms with van der Waals surface area (Å²) >= 11 is 0. The van der Waals surface area contributed by atoms with E-state index in [2.05, 4.69) is 18.2 Å². The lowest BCUT2D eigenvalue weighted by atomic mass is 9.65. The molecule has 0 amide bonds. The van der Waals surface area contributed by atoms with Gasteiger partial charge >= 0.3 is 0 Å². The van der Waals surface area contributed by atoms with Crippen LogP contribution in [0.25, 0.3) is 0 Å². The Labute approximate surface area is 84.1 Å². The van der Waals surface area contributed by atoms with Gasteiger partial charge in [0.25, 0.3) is 0 Å². The van der Waals surface area contributed by atoms with Crippen LogP contribution in [0.2, 0.25) is 0 Å². The number of hydrogen-bond acceptors (Lipinski definition) is 1. The Balaban J connectivity index is 2.04. The van der Waals surface area contributed by atoms with E-state index in [0.29, 0.717) is 11.7 Å². The molecule has 0 N–H and O–H groups in total. The second kappa shape index (κ2) is 2.94. The second-order valence-corrected chi connectivity index (χ2v) is 4.43. The zero-order chi connectivity index (χ0) is 9.54. The number of carbonyl (C=O) groups is 1. The molecular formula is C13H14O. The zero-order valence-corrected chi connectivity index (χ0v) is 8.20. The summed E-state index contributed by atoms with van der Waals surface area (Å²) in [5, 5.41) is 0. The first kappa shape index (κ1) is 8.22. The van der Waals surface area contributed by atoms with E-state index in [-0.39, 0.29) is 5.92 Å². The molecule has 2 aliphatic carbocycles. The summed E-state index contributed by atoms with van der Waals surface area (Å²) in [6.45, 7) is 0. The quantitative estimate of drug-likeness (QED) is 0.608. The van der Waals surface area contributed by atoms with Crippen molar-refractivity contribution in [1.82, 2.24) is 0 Å². The van der Waals surface area contributed by atoms with Crippen LogP contribution in [0.4, 0.5) is 0 Å². The zero-order valence-electron chi connectivity index (χ0n) is 8.20. The highest BCUT2D eigenvalue weighted by atomic mass is 16.1. The van der Waals surface area contributed by atoms with Crippen molar-refractivity contribution in [1.29, 1.82) is 0 Å². The maximum Gasteiger partial charge on any atom is 0.140 e.